The Labute approximate surface area is 97.1 Å². The van der Waals surface area contributed by atoms with E-state index in [2.05, 4.69) is 21.9 Å². The fraction of sp³-hybridized carbons (Fsp3) is 0.909. The molecule has 0 amide bonds. The molecule has 0 saturated carbocycles. The molecule has 1 atom stereocenters. The summed E-state index contributed by atoms with van der Waals surface area (Å²) < 4.78 is 10.2. The number of rotatable bonds is 6. The zero-order valence-electron chi connectivity index (χ0n) is 10.2. The van der Waals surface area contributed by atoms with Crippen LogP contribution in [-0.2, 0) is 14.3 Å². The number of morpholine rings is 1. The predicted molar refractivity (Wildman–Crippen MR) is 61.4 cm³/mol. The summed E-state index contributed by atoms with van der Waals surface area (Å²) >= 11 is 0. The first-order valence-corrected chi connectivity index (χ1v) is 5.87. The van der Waals surface area contributed by atoms with Crippen molar-refractivity contribution in [3.05, 3.63) is 0 Å². The molecule has 0 radical (unpaired) electrons. The van der Waals surface area contributed by atoms with Crippen molar-refractivity contribution < 1.29 is 14.3 Å². The molecule has 1 rings (SSSR count). The first kappa shape index (κ1) is 13.4. The Bertz CT molecular complexity index is 211. The van der Waals surface area contributed by atoms with Gasteiger partial charge in [0.25, 0.3) is 0 Å². The van der Waals surface area contributed by atoms with Crippen molar-refractivity contribution in [2.45, 2.75) is 19.4 Å². The minimum Gasteiger partial charge on any atom is -0.469 e. The molecule has 0 spiro atoms. The van der Waals surface area contributed by atoms with Crippen LogP contribution in [0.1, 0.15) is 13.3 Å². The minimum absolute atomic E-state index is 0.174. The molecule has 1 saturated heterocycles. The Balaban J connectivity index is 2.06. The normalized spacial score (nSPS) is 22.0. The smallest absolute Gasteiger partial charge is 0.306 e. The summed E-state index contributed by atoms with van der Waals surface area (Å²) in [5.74, 6) is -0.174. The highest BCUT2D eigenvalue weighted by Crippen LogP contribution is 2.03. The largest absolute Gasteiger partial charge is 0.469 e. The van der Waals surface area contributed by atoms with Crippen LogP contribution in [0.2, 0.25) is 0 Å². The van der Waals surface area contributed by atoms with Crippen LogP contribution in [0.4, 0.5) is 0 Å². The number of methoxy groups -OCH3 is 1. The Kier molecular flexibility index (Phi) is 6.37. The van der Waals surface area contributed by atoms with Gasteiger partial charge in [0.2, 0.25) is 0 Å². The number of nitrogens with zero attached hydrogens (tertiary/aromatic N) is 1. The van der Waals surface area contributed by atoms with E-state index < -0.39 is 0 Å². The van der Waals surface area contributed by atoms with Gasteiger partial charge in [-0.05, 0) is 6.54 Å². The number of carbonyl (C=O) groups excluding carboxylic acids is 1. The van der Waals surface area contributed by atoms with Crippen molar-refractivity contribution in [2.75, 3.05) is 46.4 Å². The molecular formula is C11H22N2O3. The van der Waals surface area contributed by atoms with Gasteiger partial charge in [-0.3, -0.25) is 9.69 Å². The number of esters is 1. The lowest BCUT2D eigenvalue weighted by Crippen LogP contribution is -2.46. The second kappa shape index (κ2) is 7.60. The summed E-state index contributed by atoms with van der Waals surface area (Å²) in [4.78, 5) is 13.2. The molecule has 1 unspecified atom stereocenters. The van der Waals surface area contributed by atoms with E-state index >= 15 is 0 Å². The lowest BCUT2D eigenvalue weighted by atomic mass is 10.2. The SMILES string of the molecule is CCN1CCOC(CNCCC(=O)OC)C1. The summed E-state index contributed by atoms with van der Waals surface area (Å²) in [5, 5.41) is 3.21. The van der Waals surface area contributed by atoms with Crippen molar-refractivity contribution >= 4 is 5.97 Å². The number of hydrogen-bond acceptors (Lipinski definition) is 5. The Hall–Kier alpha value is -0.650. The van der Waals surface area contributed by atoms with E-state index in [1.54, 1.807) is 0 Å². The molecule has 5 nitrogen and oxygen atoms in total. The van der Waals surface area contributed by atoms with Gasteiger partial charge in [0, 0.05) is 26.2 Å². The van der Waals surface area contributed by atoms with E-state index in [4.69, 9.17) is 4.74 Å². The van der Waals surface area contributed by atoms with Crippen molar-refractivity contribution in [1.82, 2.24) is 10.2 Å². The van der Waals surface area contributed by atoms with Crippen LogP contribution in [0.5, 0.6) is 0 Å². The maximum atomic E-state index is 10.9. The zero-order chi connectivity index (χ0) is 11.8. The Morgan fingerprint density at radius 2 is 2.44 bits per heavy atom. The number of carbonyl (C=O) groups is 1. The van der Waals surface area contributed by atoms with Crippen molar-refractivity contribution in [2.24, 2.45) is 0 Å². The van der Waals surface area contributed by atoms with E-state index in [1.165, 1.54) is 7.11 Å². The standard InChI is InChI=1S/C11H22N2O3/c1-3-13-6-7-16-10(9-13)8-12-5-4-11(14)15-2/h10,12H,3-9H2,1-2H3. The molecule has 94 valence electrons. The first-order valence-electron chi connectivity index (χ1n) is 5.87. The van der Waals surface area contributed by atoms with Crippen LogP contribution in [0.3, 0.4) is 0 Å². The lowest BCUT2D eigenvalue weighted by molar-refractivity contribution is -0.140. The van der Waals surface area contributed by atoms with E-state index in [-0.39, 0.29) is 12.1 Å². The highest BCUT2D eigenvalue weighted by atomic mass is 16.5. The third-order valence-corrected chi connectivity index (χ3v) is 2.78. The van der Waals surface area contributed by atoms with Crippen LogP contribution in [-0.4, -0.2) is 63.4 Å². The molecule has 0 aliphatic carbocycles. The zero-order valence-corrected chi connectivity index (χ0v) is 10.2. The lowest BCUT2D eigenvalue weighted by Gasteiger charge is -2.32. The van der Waals surface area contributed by atoms with E-state index in [0.29, 0.717) is 13.0 Å². The maximum Gasteiger partial charge on any atom is 0.306 e. The minimum atomic E-state index is -0.174. The highest BCUT2D eigenvalue weighted by Gasteiger charge is 2.18. The van der Waals surface area contributed by atoms with Gasteiger partial charge in [-0.15, -0.1) is 0 Å². The van der Waals surface area contributed by atoms with Gasteiger partial charge >= 0.3 is 5.97 Å². The molecular weight excluding hydrogens is 208 g/mol. The topological polar surface area (TPSA) is 50.8 Å². The molecule has 1 heterocycles. The van der Waals surface area contributed by atoms with Crippen LogP contribution in [0.15, 0.2) is 0 Å². The molecule has 1 aliphatic rings. The number of nitrogens with one attached hydrogen (secondary N) is 1. The third-order valence-electron chi connectivity index (χ3n) is 2.78. The third kappa shape index (κ3) is 4.92. The summed E-state index contributed by atoms with van der Waals surface area (Å²) in [6.45, 7) is 7.48. The average molecular weight is 230 g/mol. The van der Waals surface area contributed by atoms with Gasteiger partial charge in [-0.1, -0.05) is 6.92 Å². The number of ether oxygens (including phenoxy) is 2. The van der Waals surface area contributed by atoms with Gasteiger partial charge in [0.05, 0.1) is 26.2 Å². The molecule has 0 aromatic rings. The van der Waals surface area contributed by atoms with E-state index in [1.807, 2.05) is 0 Å². The molecule has 1 aliphatic heterocycles. The molecule has 1 N–H and O–H groups in total. The fourth-order valence-corrected chi connectivity index (χ4v) is 1.75. The van der Waals surface area contributed by atoms with Crippen LogP contribution in [0.25, 0.3) is 0 Å². The summed E-state index contributed by atoms with van der Waals surface area (Å²) in [6, 6.07) is 0. The second-order valence-electron chi connectivity index (χ2n) is 3.92. The van der Waals surface area contributed by atoms with E-state index in [9.17, 15) is 4.79 Å². The molecule has 0 aromatic heterocycles. The van der Waals surface area contributed by atoms with Crippen LogP contribution < -0.4 is 5.32 Å². The summed E-state index contributed by atoms with van der Waals surface area (Å²) in [6.07, 6.45) is 0.659. The molecule has 0 aromatic carbocycles. The van der Waals surface area contributed by atoms with Crippen molar-refractivity contribution in [1.29, 1.82) is 0 Å². The molecule has 5 heteroatoms. The predicted octanol–water partition coefficient (Wildman–Crippen LogP) is -0.140. The van der Waals surface area contributed by atoms with Gasteiger partial charge < -0.3 is 14.8 Å². The first-order chi connectivity index (χ1) is 7.76. The maximum absolute atomic E-state index is 10.9. The van der Waals surface area contributed by atoms with Crippen molar-refractivity contribution in [3.8, 4) is 0 Å². The van der Waals surface area contributed by atoms with Crippen molar-refractivity contribution in [3.63, 3.8) is 0 Å². The van der Waals surface area contributed by atoms with Gasteiger partial charge in [0.1, 0.15) is 0 Å². The summed E-state index contributed by atoms with van der Waals surface area (Å²) in [5.41, 5.74) is 0. The second-order valence-corrected chi connectivity index (χ2v) is 3.92. The fourth-order valence-electron chi connectivity index (χ4n) is 1.75. The molecule has 1 fully saturated rings. The van der Waals surface area contributed by atoms with E-state index in [0.717, 1.165) is 32.8 Å². The Morgan fingerprint density at radius 3 is 3.12 bits per heavy atom. The van der Waals surface area contributed by atoms with Crippen LogP contribution in [0, 0.1) is 0 Å². The average Bonchev–Trinajstić information content (AvgIpc) is 2.34. The van der Waals surface area contributed by atoms with Gasteiger partial charge in [0.15, 0.2) is 0 Å². The number of likely N-dealkylation sites (N-methyl/N-ethyl adjacent to an activating group) is 1. The quantitative estimate of drug-likeness (QED) is 0.508. The van der Waals surface area contributed by atoms with Gasteiger partial charge in [-0.25, -0.2) is 0 Å². The monoisotopic (exact) mass is 230 g/mol. The number of hydrogen-bond donors (Lipinski definition) is 1. The van der Waals surface area contributed by atoms with Gasteiger partial charge in [-0.2, -0.15) is 0 Å². The molecule has 0 bridgehead atoms. The molecule has 16 heavy (non-hydrogen) atoms. The van der Waals surface area contributed by atoms with Crippen LogP contribution >= 0.6 is 0 Å². The summed E-state index contributed by atoms with van der Waals surface area (Å²) in [7, 11) is 1.41. The highest BCUT2D eigenvalue weighted by molar-refractivity contribution is 5.69. The Morgan fingerprint density at radius 1 is 1.62 bits per heavy atom.